The van der Waals surface area contributed by atoms with Gasteiger partial charge in [-0.15, -0.1) is 0 Å². The Morgan fingerprint density at radius 2 is 1.62 bits per heavy atom. The van der Waals surface area contributed by atoms with Gasteiger partial charge in [0.1, 0.15) is 0 Å². The Bertz CT molecular complexity index is 794. The number of hydrogen-bond donors (Lipinski definition) is 1. The Kier molecular flexibility index (Phi) is 5.58. The van der Waals surface area contributed by atoms with Crippen molar-refractivity contribution < 1.29 is 4.79 Å². The number of carbonyl (C=O) groups excluding carboxylic acids is 1. The van der Waals surface area contributed by atoms with Crippen molar-refractivity contribution in [2.75, 3.05) is 11.1 Å². The lowest BCUT2D eigenvalue weighted by atomic mass is 10.0. The quantitative estimate of drug-likeness (QED) is 0.550. The molecule has 0 spiro atoms. The van der Waals surface area contributed by atoms with Crippen molar-refractivity contribution in [3.63, 3.8) is 0 Å². The number of hydrogen-bond acceptors (Lipinski definition) is 4. The fraction of sp³-hybridized carbons (Fsp3) is 0.105. The van der Waals surface area contributed by atoms with Gasteiger partial charge in [0, 0.05) is 18.1 Å². The molecule has 120 valence electrons. The van der Waals surface area contributed by atoms with Crippen LogP contribution in [0.25, 0.3) is 0 Å². The first-order valence-corrected chi connectivity index (χ1v) is 8.61. The van der Waals surface area contributed by atoms with Crippen LogP contribution in [-0.4, -0.2) is 21.6 Å². The summed E-state index contributed by atoms with van der Waals surface area (Å²) in [6.45, 7) is 0. The summed E-state index contributed by atoms with van der Waals surface area (Å²) in [4.78, 5) is 20.4. The Morgan fingerprint density at radius 1 is 0.917 bits per heavy atom. The van der Waals surface area contributed by atoms with Gasteiger partial charge in [0.25, 0.3) is 0 Å². The van der Waals surface area contributed by atoms with Crippen molar-refractivity contribution >= 4 is 23.4 Å². The molecule has 1 heterocycles. The van der Waals surface area contributed by atoms with E-state index in [9.17, 15) is 4.79 Å². The fourth-order valence-electron chi connectivity index (χ4n) is 2.29. The lowest BCUT2D eigenvalue weighted by Crippen LogP contribution is -2.15. The zero-order chi connectivity index (χ0) is 16.6. The molecule has 0 fully saturated rings. The normalized spacial score (nSPS) is 10.3. The van der Waals surface area contributed by atoms with Gasteiger partial charge in [0.2, 0.25) is 5.91 Å². The maximum atomic E-state index is 12.2. The Hall–Kier alpha value is -2.66. The highest BCUT2D eigenvalue weighted by Crippen LogP contribution is 2.20. The highest BCUT2D eigenvalue weighted by molar-refractivity contribution is 7.99. The minimum Gasteiger partial charge on any atom is -0.325 e. The molecule has 24 heavy (non-hydrogen) atoms. The first kappa shape index (κ1) is 16.2. The SMILES string of the molecule is O=C(CSc1ncccn1)Nc1ccccc1Cc1ccccc1. The van der Waals surface area contributed by atoms with Crippen LogP contribution in [0.15, 0.2) is 78.2 Å². The van der Waals surface area contributed by atoms with Gasteiger partial charge in [-0.1, -0.05) is 60.3 Å². The van der Waals surface area contributed by atoms with Gasteiger partial charge in [-0.05, 0) is 29.7 Å². The second-order valence-corrected chi connectivity index (χ2v) is 6.13. The number of anilines is 1. The predicted octanol–water partition coefficient (Wildman–Crippen LogP) is 3.80. The van der Waals surface area contributed by atoms with Gasteiger partial charge in [0.05, 0.1) is 5.75 Å². The van der Waals surface area contributed by atoms with Gasteiger partial charge < -0.3 is 5.32 Å². The van der Waals surface area contributed by atoms with Crippen LogP contribution in [0.5, 0.6) is 0 Å². The van der Waals surface area contributed by atoms with Crippen LogP contribution >= 0.6 is 11.8 Å². The highest BCUT2D eigenvalue weighted by Gasteiger charge is 2.08. The van der Waals surface area contributed by atoms with Crippen molar-refractivity contribution in [2.45, 2.75) is 11.6 Å². The van der Waals surface area contributed by atoms with Crippen molar-refractivity contribution in [1.82, 2.24) is 9.97 Å². The van der Waals surface area contributed by atoms with Crippen LogP contribution < -0.4 is 5.32 Å². The number of amides is 1. The van der Waals surface area contributed by atoms with E-state index in [1.54, 1.807) is 18.5 Å². The molecule has 1 amide bonds. The monoisotopic (exact) mass is 335 g/mol. The molecule has 0 aliphatic carbocycles. The van der Waals surface area contributed by atoms with Gasteiger partial charge in [0.15, 0.2) is 5.16 Å². The third-order valence-corrected chi connectivity index (χ3v) is 4.28. The van der Waals surface area contributed by atoms with E-state index in [0.717, 1.165) is 17.7 Å². The Balaban J connectivity index is 1.63. The van der Waals surface area contributed by atoms with Crippen molar-refractivity contribution in [3.05, 3.63) is 84.2 Å². The third-order valence-electron chi connectivity index (χ3n) is 3.40. The fourth-order valence-corrected chi connectivity index (χ4v) is 2.89. The molecule has 0 bridgehead atoms. The topological polar surface area (TPSA) is 54.9 Å². The van der Waals surface area contributed by atoms with Crippen molar-refractivity contribution in [2.24, 2.45) is 0 Å². The van der Waals surface area contributed by atoms with E-state index in [0.29, 0.717) is 5.16 Å². The lowest BCUT2D eigenvalue weighted by Gasteiger charge is -2.11. The van der Waals surface area contributed by atoms with Gasteiger partial charge in [-0.3, -0.25) is 4.79 Å². The molecule has 5 heteroatoms. The van der Waals surface area contributed by atoms with Crippen molar-refractivity contribution in [3.8, 4) is 0 Å². The highest BCUT2D eigenvalue weighted by atomic mass is 32.2. The van der Waals surface area contributed by atoms with Crippen LogP contribution in [-0.2, 0) is 11.2 Å². The number of carbonyl (C=O) groups is 1. The van der Waals surface area contributed by atoms with Crippen LogP contribution in [0, 0.1) is 0 Å². The van der Waals surface area contributed by atoms with Crippen LogP contribution in [0.3, 0.4) is 0 Å². The number of aromatic nitrogens is 2. The third kappa shape index (κ3) is 4.67. The molecule has 0 unspecified atom stereocenters. The number of benzene rings is 2. The Labute approximate surface area is 145 Å². The average molecular weight is 335 g/mol. The largest absolute Gasteiger partial charge is 0.325 e. The molecule has 1 aromatic heterocycles. The minimum absolute atomic E-state index is 0.0621. The summed E-state index contributed by atoms with van der Waals surface area (Å²) in [5.74, 6) is 0.219. The van der Waals surface area contributed by atoms with E-state index < -0.39 is 0 Å². The van der Waals surface area contributed by atoms with Gasteiger partial charge in [-0.2, -0.15) is 0 Å². The minimum atomic E-state index is -0.0621. The predicted molar refractivity (Wildman–Crippen MR) is 97.1 cm³/mol. The first-order chi connectivity index (χ1) is 11.8. The van der Waals surface area contributed by atoms with Gasteiger partial charge >= 0.3 is 0 Å². The van der Waals surface area contributed by atoms with E-state index in [2.05, 4.69) is 27.4 Å². The van der Waals surface area contributed by atoms with E-state index in [-0.39, 0.29) is 11.7 Å². The average Bonchev–Trinajstić information content (AvgIpc) is 2.63. The molecule has 1 N–H and O–H groups in total. The van der Waals surface area contributed by atoms with E-state index in [4.69, 9.17) is 0 Å². The number of rotatable bonds is 6. The zero-order valence-corrected chi connectivity index (χ0v) is 13.9. The molecule has 0 saturated heterocycles. The summed E-state index contributed by atoms with van der Waals surface area (Å²) < 4.78 is 0. The second kappa shape index (κ2) is 8.26. The molecule has 3 rings (SSSR count). The number of para-hydroxylation sites is 1. The second-order valence-electron chi connectivity index (χ2n) is 5.19. The molecular formula is C19H17N3OS. The molecule has 3 aromatic rings. The molecule has 2 aromatic carbocycles. The summed E-state index contributed by atoms with van der Waals surface area (Å²) in [5, 5.41) is 3.59. The van der Waals surface area contributed by atoms with Gasteiger partial charge in [-0.25, -0.2) is 9.97 Å². The molecule has 0 aliphatic heterocycles. The maximum absolute atomic E-state index is 12.2. The first-order valence-electron chi connectivity index (χ1n) is 7.63. The van der Waals surface area contributed by atoms with E-state index in [1.807, 2.05) is 42.5 Å². The zero-order valence-electron chi connectivity index (χ0n) is 13.1. The molecule has 4 nitrogen and oxygen atoms in total. The summed E-state index contributed by atoms with van der Waals surface area (Å²) in [7, 11) is 0. The van der Waals surface area contributed by atoms with Crippen LogP contribution in [0.1, 0.15) is 11.1 Å². The number of nitrogens with zero attached hydrogens (tertiary/aromatic N) is 2. The summed E-state index contributed by atoms with van der Waals surface area (Å²) in [6.07, 6.45) is 4.12. The number of nitrogens with one attached hydrogen (secondary N) is 1. The van der Waals surface area contributed by atoms with E-state index in [1.165, 1.54) is 17.3 Å². The standard InChI is InChI=1S/C19H17N3OS/c23-18(14-24-19-20-11-6-12-21-19)22-17-10-5-4-9-16(17)13-15-7-2-1-3-8-15/h1-12H,13-14H2,(H,22,23). The number of thioether (sulfide) groups is 1. The van der Waals surface area contributed by atoms with E-state index >= 15 is 0 Å². The smallest absolute Gasteiger partial charge is 0.234 e. The molecule has 0 radical (unpaired) electrons. The maximum Gasteiger partial charge on any atom is 0.234 e. The summed E-state index contributed by atoms with van der Waals surface area (Å²) in [6, 6.07) is 19.8. The molecular weight excluding hydrogens is 318 g/mol. The van der Waals surface area contributed by atoms with Crippen LogP contribution in [0.4, 0.5) is 5.69 Å². The molecule has 0 saturated carbocycles. The lowest BCUT2D eigenvalue weighted by molar-refractivity contribution is -0.113. The summed E-state index contributed by atoms with van der Waals surface area (Å²) >= 11 is 1.32. The molecule has 0 atom stereocenters. The summed E-state index contributed by atoms with van der Waals surface area (Å²) in [5.41, 5.74) is 3.16. The van der Waals surface area contributed by atoms with Crippen molar-refractivity contribution in [1.29, 1.82) is 0 Å². The van der Waals surface area contributed by atoms with Crippen LogP contribution in [0.2, 0.25) is 0 Å². The Morgan fingerprint density at radius 3 is 2.42 bits per heavy atom. The molecule has 0 aliphatic rings.